The van der Waals surface area contributed by atoms with Crippen LogP contribution in [0.15, 0.2) is 47.4 Å². The maximum Gasteiger partial charge on any atom is 0.261 e. The molecule has 0 aliphatic carbocycles. The fourth-order valence-corrected chi connectivity index (χ4v) is 3.18. The molecule has 7 heteroatoms. The maximum atomic E-state index is 12.8. The first-order chi connectivity index (χ1) is 11.5. The standard InChI is InChI=1S/C17H13FN2O3S/c18-10-4-6-11(7-5-10)24-9-8-14(21)19-13-3-1-2-12-15(13)17(23)20-16(12)22/h1-7H,8-9H2,(H,19,21)(H,20,22,23). The average Bonchev–Trinajstić information content (AvgIpc) is 2.85. The van der Waals surface area contributed by atoms with E-state index in [9.17, 15) is 18.8 Å². The van der Waals surface area contributed by atoms with Crippen molar-refractivity contribution >= 4 is 35.2 Å². The first-order valence-corrected chi connectivity index (χ1v) is 8.20. The highest BCUT2D eigenvalue weighted by atomic mass is 32.2. The van der Waals surface area contributed by atoms with E-state index in [2.05, 4.69) is 10.6 Å². The molecule has 0 fully saturated rings. The highest BCUT2D eigenvalue weighted by Gasteiger charge is 2.29. The summed E-state index contributed by atoms with van der Waals surface area (Å²) in [5, 5.41) is 4.86. The van der Waals surface area contributed by atoms with E-state index < -0.39 is 11.8 Å². The number of thioether (sulfide) groups is 1. The Labute approximate surface area is 141 Å². The lowest BCUT2D eigenvalue weighted by atomic mass is 10.1. The van der Waals surface area contributed by atoms with Gasteiger partial charge in [0, 0.05) is 17.1 Å². The largest absolute Gasteiger partial charge is 0.325 e. The molecule has 1 aliphatic rings. The van der Waals surface area contributed by atoms with Gasteiger partial charge in [-0.15, -0.1) is 11.8 Å². The molecule has 122 valence electrons. The lowest BCUT2D eigenvalue weighted by Gasteiger charge is -2.08. The summed E-state index contributed by atoms with van der Waals surface area (Å²) >= 11 is 1.43. The summed E-state index contributed by atoms with van der Waals surface area (Å²) < 4.78 is 12.8. The zero-order chi connectivity index (χ0) is 17.1. The number of imide groups is 1. The third-order valence-corrected chi connectivity index (χ3v) is 4.46. The molecule has 24 heavy (non-hydrogen) atoms. The fraction of sp³-hybridized carbons (Fsp3) is 0.118. The molecule has 1 aliphatic heterocycles. The molecular weight excluding hydrogens is 331 g/mol. The normalized spacial score (nSPS) is 12.7. The molecule has 5 nitrogen and oxygen atoms in total. The van der Waals surface area contributed by atoms with Gasteiger partial charge in [0.15, 0.2) is 0 Å². The van der Waals surface area contributed by atoms with Crippen molar-refractivity contribution in [2.24, 2.45) is 0 Å². The molecule has 3 amide bonds. The molecule has 0 atom stereocenters. The van der Waals surface area contributed by atoms with Gasteiger partial charge in [0.2, 0.25) is 5.91 Å². The van der Waals surface area contributed by atoms with Crippen LogP contribution in [0.1, 0.15) is 27.1 Å². The van der Waals surface area contributed by atoms with Crippen LogP contribution in [0.25, 0.3) is 0 Å². The molecule has 2 aromatic rings. The van der Waals surface area contributed by atoms with E-state index in [0.717, 1.165) is 4.90 Å². The molecule has 1 heterocycles. The second kappa shape index (κ2) is 6.84. The lowest BCUT2D eigenvalue weighted by Crippen LogP contribution is -2.21. The number of benzene rings is 2. The molecule has 3 rings (SSSR count). The SMILES string of the molecule is O=C(CCSc1ccc(F)cc1)Nc1cccc2c1C(=O)NC2=O. The number of amides is 3. The van der Waals surface area contributed by atoms with Crippen molar-refractivity contribution in [3.8, 4) is 0 Å². The van der Waals surface area contributed by atoms with Gasteiger partial charge in [-0.25, -0.2) is 4.39 Å². The molecule has 0 aromatic heterocycles. The predicted molar refractivity (Wildman–Crippen MR) is 88.6 cm³/mol. The van der Waals surface area contributed by atoms with Gasteiger partial charge in [-0.3, -0.25) is 19.7 Å². The van der Waals surface area contributed by atoms with Crippen LogP contribution in [0.2, 0.25) is 0 Å². The number of hydrogen-bond donors (Lipinski definition) is 2. The Balaban J connectivity index is 1.59. The highest BCUT2D eigenvalue weighted by molar-refractivity contribution is 7.99. The first kappa shape index (κ1) is 16.2. The summed E-state index contributed by atoms with van der Waals surface area (Å²) in [4.78, 5) is 36.3. The summed E-state index contributed by atoms with van der Waals surface area (Å²) in [5.41, 5.74) is 0.785. The Hall–Kier alpha value is -2.67. The second-order valence-electron chi connectivity index (χ2n) is 5.11. The Morgan fingerprint density at radius 2 is 1.83 bits per heavy atom. The highest BCUT2D eigenvalue weighted by Crippen LogP contribution is 2.25. The van der Waals surface area contributed by atoms with Crippen LogP contribution in [-0.2, 0) is 4.79 Å². The number of rotatable bonds is 5. The van der Waals surface area contributed by atoms with Crippen molar-refractivity contribution < 1.29 is 18.8 Å². The zero-order valence-electron chi connectivity index (χ0n) is 12.5. The van der Waals surface area contributed by atoms with Crippen molar-refractivity contribution in [2.75, 3.05) is 11.1 Å². The number of carbonyl (C=O) groups is 3. The van der Waals surface area contributed by atoms with Gasteiger partial charge < -0.3 is 5.32 Å². The van der Waals surface area contributed by atoms with Crippen LogP contribution in [0, 0.1) is 5.82 Å². The van der Waals surface area contributed by atoms with Crippen molar-refractivity contribution in [3.63, 3.8) is 0 Å². The Morgan fingerprint density at radius 1 is 1.08 bits per heavy atom. The van der Waals surface area contributed by atoms with E-state index >= 15 is 0 Å². The van der Waals surface area contributed by atoms with E-state index in [4.69, 9.17) is 0 Å². The fourth-order valence-electron chi connectivity index (χ4n) is 2.33. The van der Waals surface area contributed by atoms with E-state index in [1.54, 1.807) is 24.3 Å². The van der Waals surface area contributed by atoms with Gasteiger partial charge in [-0.05, 0) is 36.4 Å². The molecule has 0 unspecified atom stereocenters. The molecule has 2 N–H and O–H groups in total. The maximum absolute atomic E-state index is 12.8. The summed E-state index contributed by atoms with van der Waals surface area (Å²) in [6.45, 7) is 0. The number of nitrogens with one attached hydrogen (secondary N) is 2. The van der Waals surface area contributed by atoms with Crippen molar-refractivity contribution in [3.05, 3.63) is 59.4 Å². The third-order valence-electron chi connectivity index (χ3n) is 3.45. The van der Waals surface area contributed by atoms with Gasteiger partial charge >= 0.3 is 0 Å². The smallest absolute Gasteiger partial charge is 0.261 e. The number of anilines is 1. The average molecular weight is 344 g/mol. The number of carbonyl (C=O) groups excluding carboxylic acids is 3. The number of fused-ring (bicyclic) bond motifs is 1. The molecule has 0 radical (unpaired) electrons. The Bertz CT molecular complexity index is 821. The summed E-state index contributed by atoms with van der Waals surface area (Å²) in [7, 11) is 0. The third kappa shape index (κ3) is 3.46. The van der Waals surface area contributed by atoms with Crippen molar-refractivity contribution in [2.45, 2.75) is 11.3 Å². The zero-order valence-corrected chi connectivity index (χ0v) is 13.3. The van der Waals surface area contributed by atoms with E-state index in [1.165, 1.54) is 30.0 Å². The molecule has 0 bridgehead atoms. The Morgan fingerprint density at radius 3 is 2.58 bits per heavy atom. The molecule has 2 aromatic carbocycles. The minimum absolute atomic E-state index is 0.196. The topological polar surface area (TPSA) is 75.3 Å². The van der Waals surface area contributed by atoms with Gasteiger partial charge in [0.1, 0.15) is 5.82 Å². The van der Waals surface area contributed by atoms with Crippen molar-refractivity contribution in [1.82, 2.24) is 5.32 Å². The minimum atomic E-state index is -0.508. The molecule has 0 saturated heterocycles. The monoisotopic (exact) mass is 344 g/mol. The van der Waals surface area contributed by atoms with Crippen LogP contribution >= 0.6 is 11.8 Å². The summed E-state index contributed by atoms with van der Waals surface area (Å²) in [5.74, 6) is -1.02. The van der Waals surface area contributed by atoms with E-state index in [1.807, 2.05) is 0 Å². The molecular formula is C17H13FN2O3S. The van der Waals surface area contributed by atoms with Crippen molar-refractivity contribution in [1.29, 1.82) is 0 Å². The predicted octanol–water partition coefficient (Wildman–Crippen LogP) is 2.83. The minimum Gasteiger partial charge on any atom is -0.325 e. The first-order valence-electron chi connectivity index (χ1n) is 7.21. The van der Waals surface area contributed by atoms with Crippen LogP contribution < -0.4 is 10.6 Å². The van der Waals surface area contributed by atoms with E-state index in [-0.39, 0.29) is 29.3 Å². The van der Waals surface area contributed by atoms with Gasteiger partial charge in [0.25, 0.3) is 11.8 Å². The van der Waals surface area contributed by atoms with Crippen LogP contribution in [-0.4, -0.2) is 23.5 Å². The van der Waals surface area contributed by atoms with Crippen LogP contribution in [0.5, 0.6) is 0 Å². The van der Waals surface area contributed by atoms with Gasteiger partial charge in [-0.1, -0.05) is 6.07 Å². The van der Waals surface area contributed by atoms with Gasteiger partial charge in [0.05, 0.1) is 16.8 Å². The molecule has 0 saturated carbocycles. The van der Waals surface area contributed by atoms with Crippen LogP contribution in [0.3, 0.4) is 0 Å². The van der Waals surface area contributed by atoms with Crippen LogP contribution in [0.4, 0.5) is 10.1 Å². The Kier molecular flexibility index (Phi) is 4.61. The number of halogens is 1. The summed E-state index contributed by atoms with van der Waals surface area (Å²) in [6.07, 6.45) is 0.223. The molecule has 0 spiro atoms. The van der Waals surface area contributed by atoms with Gasteiger partial charge in [-0.2, -0.15) is 0 Å². The number of hydrogen-bond acceptors (Lipinski definition) is 4. The van der Waals surface area contributed by atoms with E-state index in [0.29, 0.717) is 11.4 Å². The second-order valence-corrected chi connectivity index (χ2v) is 6.28. The quantitative estimate of drug-likeness (QED) is 0.646. The summed E-state index contributed by atoms with van der Waals surface area (Å²) in [6, 6.07) is 10.8. The lowest BCUT2D eigenvalue weighted by molar-refractivity contribution is -0.115.